The predicted octanol–water partition coefficient (Wildman–Crippen LogP) is 0.756. The number of thioether (sulfide) groups is 1. The molecule has 4 heterocycles. The van der Waals surface area contributed by atoms with E-state index in [0.717, 1.165) is 16.2 Å². The smallest absolute Gasteiger partial charge is 0.449 e. The molecule has 1 amide bonds. The summed E-state index contributed by atoms with van der Waals surface area (Å²) >= 11 is 0.778. The minimum atomic E-state index is -4.47. The van der Waals surface area contributed by atoms with Crippen LogP contribution in [0.4, 0.5) is 13.2 Å². The number of carbonyl (C=O) groups is 2. The molecule has 0 radical (unpaired) electrons. The quantitative estimate of drug-likeness (QED) is 0.425. The topological polar surface area (TPSA) is 89.0 Å². The fourth-order valence-corrected chi connectivity index (χ4v) is 6.29. The molecule has 0 aromatic carbocycles. The van der Waals surface area contributed by atoms with Crippen molar-refractivity contribution in [1.82, 2.24) is 9.30 Å². The number of rotatable bonds is 4. The number of carboxylic acids is 1. The van der Waals surface area contributed by atoms with Crippen LogP contribution in [0.1, 0.15) is 18.7 Å². The van der Waals surface area contributed by atoms with Gasteiger partial charge in [-0.15, -0.1) is 0 Å². The zero-order chi connectivity index (χ0) is 21.4. The maximum Gasteiger partial charge on any atom is 0.449 e. The molecule has 2 aliphatic rings. The molecule has 156 valence electrons. The molecule has 0 bridgehead atoms. The van der Waals surface area contributed by atoms with Crippen molar-refractivity contribution >= 4 is 45.4 Å². The van der Waals surface area contributed by atoms with Crippen LogP contribution in [0.3, 0.4) is 0 Å². The highest BCUT2D eigenvalue weighted by Gasteiger charge is 2.59. The van der Waals surface area contributed by atoms with Crippen molar-refractivity contribution in [2.24, 2.45) is 18.9 Å². The van der Waals surface area contributed by atoms with Crippen LogP contribution in [0.15, 0.2) is 23.2 Å². The molecule has 12 heteroatoms. The SMILES string of the molecule is C[C@@H](O)[C@H]1C(=O)N2C(C(=O)[O-])=C(c3cn4c[n+](C)c(SC(F)(F)F)c4s3)[C@H](C)[C@H]12. The van der Waals surface area contributed by atoms with Gasteiger partial charge in [0.15, 0.2) is 0 Å². The first-order valence-corrected chi connectivity index (χ1v) is 10.3. The minimum Gasteiger partial charge on any atom is -0.543 e. The highest BCUT2D eigenvalue weighted by atomic mass is 32.2. The van der Waals surface area contributed by atoms with Crippen LogP contribution in [0.5, 0.6) is 0 Å². The lowest BCUT2D eigenvalue weighted by Gasteiger charge is -2.47. The van der Waals surface area contributed by atoms with Gasteiger partial charge in [0.1, 0.15) is 6.20 Å². The summed E-state index contributed by atoms with van der Waals surface area (Å²) < 4.78 is 41.6. The highest BCUT2D eigenvalue weighted by Crippen LogP contribution is 2.51. The fraction of sp³-hybridized carbons (Fsp3) is 0.471. The molecule has 0 spiro atoms. The lowest BCUT2D eigenvalue weighted by Crippen LogP contribution is -2.64. The number of aliphatic hydroxyl groups is 1. The van der Waals surface area contributed by atoms with Gasteiger partial charge in [-0.05, 0) is 6.92 Å². The number of carboxylic acid groups (broad SMARTS) is 1. The van der Waals surface area contributed by atoms with E-state index in [2.05, 4.69) is 0 Å². The Morgan fingerprint density at radius 2 is 2.10 bits per heavy atom. The van der Waals surface area contributed by atoms with E-state index in [9.17, 15) is 33.0 Å². The van der Waals surface area contributed by atoms with Gasteiger partial charge in [0, 0.05) is 23.3 Å². The van der Waals surface area contributed by atoms with Gasteiger partial charge < -0.3 is 19.9 Å². The second kappa shape index (κ2) is 6.47. The normalized spacial score (nSPS) is 25.6. The van der Waals surface area contributed by atoms with Crippen LogP contribution in [0.2, 0.25) is 0 Å². The third-order valence-electron chi connectivity index (χ3n) is 5.34. The summed E-state index contributed by atoms with van der Waals surface area (Å²) in [6.07, 6.45) is 2.09. The molecular formula is C17H16F3N3O4S2. The standard InChI is InChI=1S/C17H16F3N3O4S2/c1-6-9(12(16(26)27)23-11(6)10(7(2)24)13(23)25)8-4-22-5-21(3)14(15(22)28-8)29-17(18,19)20/h4-7,10-11,24H,1-3H3/t6-,7+,10+,11+/m0/s1. The number of aliphatic carboxylic acids is 1. The monoisotopic (exact) mass is 447 g/mol. The van der Waals surface area contributed by atoms with Crippen LogP contribution in [-0.2, 0) is 16.6 Å². The van der Waals surface area contributed by atoms with E-state index in [1.54, 1.807) is 13.1 Å². The number of aliphatic hydroxyl groups excluding tert-OH is 1. The Kier molecular flexibility index (Phi) is 4.52. The first-order chi connectivity index (χ1) is 13.4. The summed E-state index contributed by atoms with van der Waals surface area (Å²) in [6, 6.07) is -0.521. The number of fused-ring (bicyclic) bond motifs is 2. The number of hydrogen-bond donors (Lipinski definition) is 1. The number of halogens is 3. The lowest BCUT2D eigenvalue weighted by molar-refractivity contribution is -0.706. The second-order valence-electron chi connectivity index (χ2n) is 7.19. The van der Waals surface area contributed by atoms with Gasteiger partial charge >= 0.3 is 5.51 Å². The Balaban J connectivity index is 1.83. The van der Waals surface area contributed by atoms with Gasteiger partial charge in [0.2, 0.25) is 22.1 Å². The fourth-order valence-electron chi connectivity index (χ4n) is 4.23. The second-order valence-corrected chi connectivity index (χ2v) is 9.28. The number of imidazole rings is 1. The van der Waals surface area contributed by atoms with E-state index in [1.165, 1.54) is 29.3 Å². The van der Waals surface area contributed by atoms with Crippen molar-refractivity contribution in [3.63, 3.8) is 0 Å². The molecule has 1 fully saturated rings. The summed E-state index contributed by atoms with van der Waals surface area (Å²) in [5, 5.41) is 21.7. The van der Waals surface area contributed by atoms with Gasteiger partial charge in [0.05, 0.1) is 41.7 Å². The number of nitrogens with zero attached hydrogens (tertiary/aromatic N) is 3. The number of carbonyl (C=O) groups excluding carboxylic acids is 2. The highest BCUT2D eigenvalue weighted by molar-refractivity contribution is 8.00. The first kappa shape index (κ1) is 20.2. The van der Waals surface area contributed by atoms with Crippen molar-refractivity contribution < 1.29 is 37.5 Å². The summed E-state index contributed by atoms with van der Waals surface area (Å²) in [5.41, 5.74) is -4.41. The van der Waals surface area contributed by atoms with Crippen LogP contribution >= 0.6 is 23.1 Å². The molecule has 1 saturated heterocycles. The molecule has 2 aromatic heterocycles. The van der Waals surface area contributed by atoms with Gasteiger partial charge in [-0.1, -0.05) is 18.3 Å². The van der Waals surface area contributed by atoms with Crippen LogP contribution in [0.25, 0.3) is 10.4 Å². The third kappa shape index (κ3) is 2.96. The molecule has 29 heavy (non-hydrogen) atoms. The Morgan fingerprint density at radius 1 is 1.45 bits per heavy atom. The van der Waals surface area contributed by atoms with Gasteiger partial charge in [-0.3, -0.25) is 4.79 Å². The molecule has 1 N–H and O–H groups in total. The zero-order valence-corrected chi connectivity index (χ0v) is 17.1. The molecule has 0 saturated carbocycles. The Morgan fingerprint density at radius 3 is 2.66 bits per heavy atom. The van der Waals surface area contributed by atoms with Crippen molar-refractivity contribution in [3.05, 3.63) is 23.1 Å². The molecule has 4 atom stereocenters. The van der Waals surface area contributed by atoms with E-state index in [-0.39, 0.29) is 22.5 Å². The maximum atomic E-state index is 12.9. The van der Waals surface area contributed by atoms with Crippen molar-refractivity contribution in [1.29, 1.82) is 0 Å². The number of thiazole rings is 1. The van der Waals surface area contributed by atoms with Crippen molar-refractivity contribution in [3.8, 4) is 0 Å². The van der Waals surface area contributed by atoms with Crippen LogP contribution in [0, 0.1) is 11.8 Å². The lowest BCUT2D eigenvalue weighted by atomic mass is 9.77. The zero-order valence-electron chi connectivity index (χ0n) is 15.4. The third-order valence-corrected chi connectivity index (χ3v) is 7.52. The summed E-state index contributed by atoms with van der Waals surface area (Å²) in [7, 11) is 1.50. The number of alkyl halides is 3. The van der Waals surface area contributed by atoms with Crippen molar-refractivity contribution in [2.45, 2.75) is 36.5 Å². The van der Waals surface area contributed by atoms with E-state index in [0.29, 0.717) is 15.3 Å². The molecule has 7 nitrogen and oxygen atoms in total. The van der Waals surface area contributed by atoms with Gasteiger partial charge in [-0.2, -0.15) is 17.6 Å². The molecule has 2 aliphatic heterocycles. The molecule has 2 aromatic rings. The number of aromatic nitrogens is 2. The molecule has 0 unspecified atom stereocenters. The average molecular weight is 447 g/mol. The summed E-state index contributed by atoms with van der Waals surface area (Å²) in [6.45, 7) is 3.21. The number of aryl methyl sites for hydroxylation is 1. The van der Waals surface area contributed by atoms with Crippen molar-refractivity contribution in [2.75, 3.05) is 0 Å². The summed E-state index contributed by atoms with van der Waals surface area (Å²) in [4.78, 5) is 26.1. The number of amides is 1. The summed E-state index contributed by atoms with van der Waals surface area (Å²) in [5.74, 6) is -3.16. The maximum absolute atomic E-state index is 12.9. The van der Waals surface area contributed by atoms with E-state index in [4.69, 9.17) is 0 Å². The Hall–Kier alpha value is -2.05. The largest absolute Gasteiger partial charge is 0.543 e. The van der Waals surface area contributed by atoms with Gasteiger partial charge in [-0.25, -0.2) is 4.57 Å². The predicted molar refractivity (Wildman–Crippen MR) is 95.3 cm³/mol. The van der Waals surface area contributed by atoms with Gasteiger partial charge in [0.25, 0.3) is 0 Å². The van der Waals surface area contributed by atoms with E-state index < -0.39 is 41.4 Å². The Labute approximate surface area is 171 Å². The molecular weight excluding hydrogens is 431 g/mol. The van der Waals surface area contributed by atoms with E-state index in [1.807, 2.05) is 0 Å². The van der Waals surface area contributed by atoms with Crippen LogP contribution in [-0.4, -0.2) is 43.9 Å². The first-order valence-electron chi connectivity index (χ1n) is 8.65. The molecule has 0 aliphatic carbocycles. The minimum absolute atomic E-state index is 0.0174. The van der Waals surface area contributed by atoms with E-state index >= 15 is 0 Å². The van der Waals surface area contributed by atoms with Crippen LogP contribution < -0.4 is 9.67 Å². The molecule has 4 rings (SSSR count). The average Bonchev–Trinajstić information content (AvgIpc) is 3.16. The number of hydrogen-bond acceptors (Lipinski definition) is 6. The number of β-lactam (4-membered cyclic amide) rings is 1. The Bertz CT molecular complexity index is 1070.